The van der Waals surface area contributed by atoms with Gasteiger partial charge in [-0.3, -0.25) is 0 Å². The molecule has 2 heteroatoms. The molecule has 2 rings (SSSR count). The average molecular weight is 233 g/mol. The fraction of sp³-hybridized carbons (Fsp3) is 0.600. The summed E-state index contributed by atoms with van der Waals surface area (Å²) in [4.78, 5) is 0. The minimum Gasteiger partial charge on any atom is -0.392 e. The van der Waals surface area contributed by atoms with E-state index >= 15 is 0 Å². The number of anilines is 1. The molecule has 1 aliphatic rings. The number of hydrogen-bond acceptors (Lipinski definition) is 2. The number of benzene rings is 1. The van der Waals surface area contributed by atoms with Gasteiger partial charge in [-0.05, 0) is 42.4 Å². The predicted molar refractivity (Wildman–Crippen MR) is 72.0 cm³/mol. The lowest BCUT2D eigenvalue weighted by molar-refractivity contribution is 0.282. The summed E-state index contributed by atoms with van der Waals surface area (Å²) in [5.41, 5.74) is 2.14. The van der Waals surface area contributed by atoms with Crippen LogP contribution in [-0.2, 0) is 6.61 Å². The molecule has 2 N–H and O–H groups in total. The Bertz CT molecular complexity index is 333. The van der Waals surface area contributed by atoms with E-state index in [9.17, 15) is 0 Å². The number of aliphatic hydroxyl groups excluding tert-OH is 1. The molecule has 2 nitrogen and oxygen atoms in total. The van der Waals surface area contributed by atoms with Crippen molar-refractivity contribution in [2.24, 2.45) is 11.8 Å². The van der Waals surface area contributed by atoms with Gasteiger partial charge in [0.25, 0.3) is 0 Å². The van der Waals surface area contributed by atoms with Gasteiger partial charge in [0.05, 0.1) is 6.61 Å². The Morgan fingerprint density at radius 2 is 2.00 bits per heavy atom. The van der Waals surface area contributed by atoms with Gasteiger partial charge in [-0.2, -0.15) is 0 Å². The molecule has 2 unspecified atom stereocenters. The van der Waals surface area contributed by atoms with Crippen molar-refractivity contribution in [3.8, 4) is 0 Å². The first-order valence-corrected chi connectivity index (χ1v) is 6.71. The lowest BCUT2D eigenvalue weighted by Crippen LogP contribution is -2.20. The Balaban J connectivity index is 1.80. The molecule has 1 fully saturated rings. The van der Waals surface area contributed by atoms with E-state index in [0.29, 0.717) is 0 Å². The third kappa shape index (κ3) is 3.74. The van der Waals surface area contributed by atoms with E-state index in [-0.39, 0.29) is 6.61 Å². The van der Waals surface area contributed by atoms with Gasteiger partial charge in [-0.15, -0.1) is 0 Å². The van der Waals surface area contributed by atoms with Crippen LogP contribution in [0.2, 0.25) is 0 Å². The van der Waals surface area contributed by atoms with E-state index in [4.69, 9.17) is 5.11 Å². The minimum atomic E-state index is 0.125. The van der Waals surface area contributed by atoms with Gasteiger partial charge in [0.1, 0.15) is 0 Å². The summed E-state index contributed by atoms with van der Waals surface area (Å²) in [6, 6.07) is 8.06. The molecule has 94 valence electrons. The molecule has 0 aliphatic heterocycles. The van der Waals surface area contributed by atoms with Gasteiger partial charge in [0.15, 0.2) is 0 Å². The van der Waals surface area contributed by atoms with Gasteiger partial charge in [-0.1, -0.05) is 31.9 Å². The average Bonchev–Trinajstić information content (AvgIpc) is 2.37. The van der Waals surface area contributed by atoms with E-state index in [1.165, 1.54) is 31.4 Å². The summed E-state index contributed by atoms with van der Waals surface area (Å²) in [5, 5.41) is 12.5. The molecule has 0 radical (unpaired) electrons. The highest BCUT2D eigenvalue weighted by Gasteiger charge is 2.18. The zero-order valence-corrected chi connectivity index (χ0v) is 10.7. The maximum atomic E-state index is 8.97. The molecule has 0 spiro atoms. The summed E-state index contributed by atoms with van der Waals surface area (Å²) >= 11 is 0. The predicted octanol–water partition coefficient (Wildman–Crippen LogP) is 3.42. The summed E-state index contributed by atoms with van der Waals surface area (Å²) in [7, 11) is 0. The Kier molecular flexibility index (Phi) is 4.43. The Morgan fingerprint density at radius 1 is 1.24 bits per heavy atom. The summed E-state index contributed by atoms with van der Waals surface area (Å²) in [6.07, 6.45) is 5.52. The van der Waals surface area contributed by atoms with Crippen molar-refractivity contribution in [3.05, 3.63) is 29.8 Å². The first-order valence-electron chi connectivity index (χ1n) is 6.71. The molecule has 1 aromatic carbocycles. The number of rotatable bonds is 4. The molecule has 0 amide bonds. The molecular weight excluding hydrogens is 210 g/mol. The monoisotopic (exact) mass is 233 g/mol. The Labute approximate surface area is 104 Å². The van der Waals surface area contributed by atoms with E-state index in [2.05, 4.69) is 24.4 Å². The van der Waals surface area contributed by atoms with Gasteiger partial charge in [0.2, 0.25) is 0 Å². The molecule has 1 aliphatic carbocycles. The van der Waals surface area contributed by atoms with Crippen LogP contribution >= 0.6 is 0 Å². The van der Waals surface area contributed by atoms with Gasteiger partial charge in [-0.25, -0.2) is 0 Å². The molecule has 0 saturated heterocycles. The second-order valence-electron chi connectivity index (χ2n) is 5.37. The van der Waals surface area contributed by atoms with Crippen molar-refractivity contribution in [2.45, 2.75) is 39.2 Å². The van der Waals surface area contributed by atoms with Gasteiger partial charge < -0.3 is 10.4 Å². The molecule has 0 aromatic heterocycles. The fourth-order valence-corrected chi connectivity index (χ4v) is 2.74. The third-order valence-electron chi connectivity index (χ3n) is 3.78. The van der Waals surface area contributed by atoms with E-state index in [1.54, 1.807) is 0 Å². The highest BCUT2D eigenvalue weighted by molar-refractivity contribution is 5.44. The zero-order valence-electron chi connectivity index (χ0n) is 10.7. The number of hydrogen-bond donors (Lipinski definition) is 2. The lowest BCUT2D eigenvalue weighted by atomic mass is 9.82. The largest absolute Gasteiger partial charge is 0.392 e. The Morgan fingerprint density at radius 3 is 2.65 bits per heavy atom. The highest BCUT2D eigenvalue weighted by Crippen LogP contribution is 2.28. The molecule has 1 aromatic rings. The van der Waals surface area contributed by atoms with Crippen molar-refractivity contribution in [2.75, 3.05) is 11.9 Å². The number of nitrogens with one attached hydrogen (secondary N) is 1. The van der Waals surface area contributed by atoms with Crippen molar-refractivity contribution in [3.63, 3.8) is 0 Å². The molecule has 17 heavy (non-hydrogen) atoms. The van der Waals surface area contributed by atoms with Crippen LogP contribution in [0, 0.1) is 11.8 Å². The van der Waals surface area contributed by atoms with Crippen LogP contribution in [0.25, 0.3) is 0 Å². The third-order valence-corrected chi connectivity index (χ3v) is 3.78. The topological polar surface area (TPSA) is 32.3 Å². The first kappa shape index (κ1) is 12.4. The highest BCUT2D eigenvalue weighted by atomic mass is 16.3. The quantitative estimate of drug-likeness (QED) is 0.835. The van der Waals surface area contributed by atoms with Crippen LogP contribution in [-0.4, -0.2) is 11.7 Å². The fourth-order valence-electron chi connectivity index (χ4n) is 2.74. The maximum absolute atomic E-state index is 8.97. The van der Waals surface area contributed by atoms with Crippen LogP contribution in [0.5, 0.6) is 0 Å². The molecule has 0 heterocycles. The zero-order chi connectivity index (χ0) is 12.1. The van der Waals surface area contributed by atoms with Crippen molar-refractivity contribution >= 4 is 5.69 Å². The van der Waals surface area contributed by atoms with Gasteiger partial charge >= 0.3 is 0 Å². The second-order valence-corrected chi connectivity index (χ2v) is 5.37. The minimum absolute atomic E-state index is 0.125. The van der Waals surface area contributed by atoms with Crippen LogP contribution in [0.4, 0.5) is 5.69 Å². The molecule has 0 bridgehead atoms. The van der Waals surface area contributed by atoms with Crippen LogP contribution in [0.15, 0.2) is 24.3 Å². The van der Waals surface area contributed by atoms with Crippen LogP contribution in [0.3, 0.4) is 0 Å². The molecule has 2 atom stereocenters. The first-order chi connectivity index (χ1) is 8.28. The lowest BCUT2D eigenvalue weighted by Gasteiger charge is -2.27. The molecular formula is C15H23NO. The maximum Gasteiger partial charge on any atom is 0.0681 e. The normalized spacial score (nSPS) is 24.6. The van der Waals surface area contributed by atoms with E-state index in [0.717, 1.165) is 23.9 Å². The number of aliphatic hydroxyl groups is 1. The SMILES string of the molecule is CC1CCCC(CNc2ccc(CO)cc2)C1. The smallest absolute Gasteiger partial charge is 0.0681 e. The standard InChI is InChI=1S/C15H23NO/c1-12-3-2-4-14(9-12)10-16-15-7-5-13(11-17)6-8-15/h5-8,12,14,16-17H,2-4,9-11H2,1H3. The van der Waals surface area contributed by atoms with Gasteiger partial charge in [0, 0.05) is 12.2 Å². The molecule has 1 saturated carbocycles. The summed E-state index contributed by atoms with van der Waals surface area (Å²) < 4.78 is 0. The Hall–Kier alpha value is -1.02. The second kappa shape index (κ2) is 6.06. The summed E-state index contributed by atoms with van der Waals surface area (Å²) in [5.74, 6) is 1.73. The van der Waals surface area contributed by atoms with Crippen LogP contribution in [0.1, 0.15) is 38.2 Å². The van der Waals surface area contributed by atoms with E-state index < -0.39 is 0 Å². The summed E-state index contributed by atoms with van der Waals surface area (Å²) in [6.45, 7) is 3.57. The van der Waals surface area contributed by atoms with Crippen molar-refractivity contribution in [1.82, 2.24) is 0 Å². The van der Waals surface area contributed by atoms with Crippen LogP contribution < -0.4 is 5.32 Å². The van der Waals surface area contributed by atoms with Crippen molar-refractivity contribution < 1.29 is 5.11 Å². The van der Waals surface area contributed by atoms with Crippen molar-refractivity contribution in [1.29, 1.82) is 0 Å². The van der Waals surface area contributed by atoms with E-state index in [1.807, 2.05) is 12.1 Å².